The van der Waals surface area contributed by atoms with Gasteiger partial charge in [-0.25, -0.2) is 4.39 Å². The van der Waals surface area contributed by atoms with Crippen molar-refractivity contribution in [2.45, 2.75) is 77.7 Å². The quantitative estimate of drug-likeness (QED) is 0.330. The Labute approximate surface area is 156 Å². The lowest BCUT2D eigenvalue weighted by atomic mass is 10.1. The number of ether oxygens (including phenoxy) is 2. The Hall–Kier alpha value is -1.91. The number of halogens is 1. The maximum Gasteiger partial charge on any atom is 0.306 e. The van der Waals surface area contributed by atoms with Crippen LogP contribution < -0.4 is 0 Å². The highest BCUT2D eigenvalue weighted by molar-refractivity contribution is 5.77. The molecule has 0 N–H and O–H groups in total. The maximum absolute atomic E-state index is 12.8. The van der Waals surface area contributed by atoms with Gasteiger partial charge in [0.05, 0.1) is 19.4 Å². The van der Waals surface area contributed by atoms with E-state index < -0.39 is 5.97 Å². The standard InChI is InChI=1S/C21H31FO4/c1-2-3-4-5-6-7-8-9-16-25-20(23)14-15-21(24)26-17-18-10-12-19(22)13-11-18/h10-13H,2-9,14-17H2,1H3. The van der Waals surface area contributed by atoms with Gasteiger partial charge in [0.25, 0.3) is 0 Å². The van der Waals surface area contributed by atoms with Gasteiger partial charge in [-0.3, -0.25) is 9.59 Å². The first-order valence-corrected chi connectivity index (χ1v) is 9.67. The Morgan fingerprint density at radius 1 is 0.808 bits per heavy atom. The molecule has 0 spiro atoms. The smallest absolute Gasteiger partial charge is 0.306 e. The molecule has 0 radical (unpaired) electrons. The van der Waals surface area contributed by atoms with E-state index in [1.54, 1.807) is 12.1 Å². The molecule has 146 valence electrons. The van der Waals surface area contributed by atoms with Crippen molar-refractivity contribution in [3.63, 3.8) is 0 Å². The molecule has 0 heterocycles. The third-order valence-corrected chi connectivity index (χ3v) is 4.11. The number of rotatable bonds is 14. The van der Waals surface area contributed by atoms with E-state index in [9.17, 15) is 14.0 Å². The number of esters is 2. The van der Waals surface area contributed by atoms with Gasteiger partial charge in [0.2, 0.25) is 0 Å². The van der Waals surface area contributed by atoms with E-state index in [4.69, 9.17) is 9.47 Å². The molecule has 0 aliphatic heterocycles. The average molecular weight is 366 g/mol. The fourth-order valence-corrected chi connectivity index (χ4v) is 2.51. The number of carbonyl (C=O) groups excluding carboxylic acids is 2. The normalized spacial score (nSPS) is 10.5. The zero-order chi connectivity index (χ0) is 19.0. The summed E-state index contributed by atoms with van der Waals surface area (Å²) in [7, 11) is 0. The zero-order valence-electron chi connectivity index (χ0n) is 15.8. The van der Waals surface area contributed by atoms with Gasteiger partial charge >= 0.3 is 11.9 Å². The zero-order valence-corrected chi connectivity index (χ0v) is 15.8. The van der Waals surface area contributed by atoms with Crippen LogP contribution in [0.1, 0.15) is 76.7 Å². The van der Waals surface area contributed by atoms with Crippen LogP contribution in [0.2, 0.25) is 0 Å². The van der Waals surface area contributed by atoms with Crippen LogP contribution in [0, 0.1) is 5.82 Å². The van der Waals surface area contributed by atoms with Crippen molar-refractivity contribution in [3.05, 3.63) is 35.6 Å². The van der Waals surface area contributed by atoms with Crippen molar-refractivity contribution in [1.29, 1.82) is 0 Å². The van der Waals surface area contributed by atoms with E-state index in [0.29, 0.717) is 12.2 Å². The lowest BCUT2D eigenvalue weighted by molar-refractivity contribution is -0.151. The first-order valence-electron chi connectivity index (χ1n) is 9.67. The van der Waals surface area contributed by atoms with E-state index in [1.807, 2.05) is 0 Å². The molecule has 0 aliphatic rings. The van der Waals surface area contributed by atoms with E-state index in [0.717, 1.165) is 12.8 Å². The van der Waals surface area contributed by atoms with Crippen molar-refractivity contribution >= 4 is 11.9 Å². The number of hydrogen-bond donors (Lipinski definition) is 0. The highest BCUT2D eigenvalue weighted by Gasteiger charge is 2.09. The van der Waals surface area contributed by atoms with Crippen molar-refractivity contribution in [2.75, 3.05) is 6.61 Å². The molecular weight excluding hydrogens is 335 g/mol. The van der Waals surface area contributed by atoms with Crippen LogP contribution >= 0.6 is 0 Å². The van der Waals surface area contributed by atoms with Crippen molar-refractivity contribution < 1.29 is 23.5 Å². The van der Waals surface area contributed by atoms with Crippen LogP contribution in [0.3, 0.4) is 0 Å². The van der Waals surface area contributed by atoms with E-state index >= 15 is 0 Å². The first-order chi connectivity index (χ1) is 12.6. The summed E-state index contributed by atoms with van der Waals surface area (Å²) in [4.78, 5) is 23.2. The lowest BCUT2D eigenvalue weighted by Crippen LogP contribution is -2.11. The van der Waals surface area contributed by atoms with Crippen LogP contribution in [0.4, 0.5) is 4.39 Å². The second-order valence-electron chi connectivity index (χ2n) is 6.48. The fourth-order valence-electron chi connectivity index (χ4n) is 2.51. The fraction of sp³-hybridized carbons (Fsp3) is 0.619. The average Bonchev–Trinajstić information content (AvgIpc) is 2.64. The monoisotopic (exact) mass is 366 g/mol. The number of benzene rings is 1. The third kappa shape index (κ3) is 11.6. The molecule has 0 fully saturated rings. The third-order valence-electron chi connectivity index (χ3n) is 4.11. The molecule has 0 aliphatic carbocycles. The van der Waals surface area contributed by atoms with Crippen LogP contribution in [-0.2, 0) is 25.7 Å². The van der Waals surface area contributed by atoms with Crippen LogP contribution in [0.5, 0.6) is 0 Å². The van der Waals surface area contributed by atoms with Gasteiger partial charge in [0, 0.05) is 0 Å². The van der Waals surface area contributed by atoms with Gasteiger partial charge in [-0.15, -0.1) is 0 Å². The largest absolute Gasteiger partial charge is 0.466 e. The Kier molecular flexibility index (Phi) is 12.2. The predicted octanol–water partition coefficient (Wildman–Crippen LogP) is 5.33. The first kappa shape index (κ1) is 22.1. The minimum atomic E-state index is -0.460. The summed E-state index contributed by atoms with van der Waals surface area (Å²) in [5.41, 5.74) is 0.706. The Balaban J connectivity index is 1.97. The SMILES string of the molecule is CCCCCCCCCCOC(=O)CCC(=O)OCc1ccc(F)cc1. The molecule has 0 unspecified atom stereocenters. The molecule has 0 saturated carbocycles. The minimum absolute atomic E-state index is 0.00252. The summed E-state index contributed by atoms with van der Waals surface area (Å²) in [5, 5.41) is 0. The van der Waals surface area contributed by atoms with Gasteiger partial charge < -0.3 is 9.47 Å². The molecule has 1 aromatic rings. The molecule has 1 aromatic carbocycles. The molecular formula is C21H31FO4. The van der Waals surface area contributed by atoms with Crippen LogP contribution in [0.25, 0.3) is 0 Å². The molecule has 26 heavy (non-hydrogen) atoms. The van der Waals surface area contributed by atoms with Crippen LogP contribution in [0.15, 0.2) is 24.3 Å². The van der Waals surface area contributed by atoms with E-state index in [2.05, 4.69) is 6.92 Å². The molecule has 0 saturated heterocycles. The van der Waals surface area contributed by atoms with Crippen molar-refractivity contribution in [2.24, 2.45) is 0 Å². The highest BCUT2D eigenvalue weighted by atomic mass is 19.1. The predicted molar refractivity (Wildman–Crippen MR) is 99.0 cm³/mol. The number of carbonyl (C=O) groups is 2. The number of hydrogen-bond acceptors (Lipinski definition) is 4. The van der Waals surface area contributed by atoms with Gasteiger partial charge in [-0.2, -0.15) is 0 Å². The molecule has 5 heteroatoms. The minimum Gasteiger partial charge on any atom is -0.466 e. The van der Waals surface area contributed by atoms with Gasteiger partial charge in [-0.05, 0) is 24.1 Å². The molecule has 1 rings (SSSR count). The van der Waals surface area contributed by atoms with Crippen molar-refractivity contribution in [1.82, 2.24) is 0 Å². The molecule has 0 aromatic heterocycles. The summed E-state index contributed by atoms with van der Waals surface area (Å²) in [5.74, 6) is -1.16. The lowest BCUT2D eigenvalue weighted by Gasteiger charge is -2.06. The maximum atomic E-state index is 12.8. The molecule has 4 nitrogen and oxygen atoms in total. The molecule has 0 atom stereocenters. The molecule has 0 amide bonds. The summed E-state index contributed by atoms with van der Waals surface area (Å²) in [6.45, 7) is 2.70. The van der Waals surface area contributed by atoms with E-state index in [1.165, 1.54) is 50.7 Å². The Bertz CT molecular complexity index is 513. The van der Waals surface area contributed by atoms with Crippen molar-refractivity contribution in [3.8, 4) is 0 Å². The second kappa shape index (κ2) is 14.3. The Morgan fingerprint density at radius 2 is 1.35 bits per heavy atom. The topological polar surface area (TPSA) is 52.6 Å². The number of unbranched alkanes of at least 4 members (excludes halogenated alkanes) is 7. The molecule has 0 bridgehead atoms. The Morgan fingerprint density at radius 3 is 1.96 bits per heavy atom. The summed E-state index contributed by atoms with van der Waals surface area (Å²) < 4.78 is 22.9. The second-order valence-corrected chi connectivity index (χ2v) is 6.48. The highest BCUT2D eigenvalue weighted by Crippen LogP contribution is 2.09. The van der Waals surface area contributed by atoms with Gasteiger partial charge in [0.15, 0.2) is 0 Å². The van der Waals surface area contributed by atoms with Gasteiger partial charge in [-0.1, -0.05) is 64.0 Å². The summed E-state index contributed by atoms with van der Waals surface area (Å²) >= 11 is 0. The summed E-state index contributed by atoms with van der Waals surface area (Å²) in [6, 6.07) is 5.73. The summed E-state index contributed by atoms with van der Waals surface area (Å²) in [6.07, 6.45) is 9.55. The van der Waals surface area contributed by atoms with E-state index in [-0.39, 0.29) is 31.2 Å². The van der Waals surface area contributed by atoms with Gasteiger partial charge in [0.1, 0.15) is 12.4 Å². The van der Waals surface area contributed by atoms with Crippen LogP contribution in [-0.4, -0.2) is 18.5 Å².